The van der Waals surface area contributed by atoms with Crippen molar-refractivity contribution in [3.05, 3.63) is 69.6 Å². The molecule has 2 aromatic carbocycles. The average Bonchev–Trinajstić information content (AvgIpc) is 3.41. The van der Waals surface area contributed by atoms with E-state index in [-0.39, 0.29) is 36.4 Å². The molecule has 188 valence electrons. The van der Waals surface area contributed by atoms with Crippen LogP contribution >= 0.6 is 11.6 Å². The summed E-state index contributed by atoms with van der Waals surface area (Å²) in [5, 5.41) is 22.6. The third-order valence-corrected chi connectivity index (χ3v) is 8.21. The quantitative estimate of drug-likeness (QED) is 0.495. The lowest BCUT2D eigenvalue weighted by Gasteiger charge is -2.33. The van der Waals surface area contributed by atoms with Crippen LogP contribution in [0.3, 0.4) is 0 Å². The first-order valence-corrected chi connectivity index (χ1v) is 12.3. The second kappa shape index (κ2) is 8.15. The Bertz CT molecular complexity index is 1580. The summed E-state index contributed by atoms with van der Waals surface area (Å²) in [7, 11) is 0. The van der Waals surface area contributed by atoms with Crippen molar-refractivity contribution in [3.63, 3.8) is 0 Å². The molecule has 1 aromatic heterocycles. The first kappa shape index (κ1) is 23.7. The molecule has 2 bridgehead atoms. The van der Waals surface area contributed by atoms with Gasteiger partial charge in [0.1, 0.15) is 11.7 Å². The number of amides is 2. The number of rotatable bonds is 5. The van der Waals surface area contributed by atoms with E-state index in [4.69, 9.17) is 21.1 Å². The van der Waals surface area contributed by atoms with Crippen LogP contribution < -0.4 is 15.2 Å². The van der Waals surface area contributed by atoms with E-state index in [9.17, 15) is 24.8 Å². The standard InChI is InChI=1S/C27H22ClN3O6/c1-26-20(32)11-27(37-26,8-9-36-19-10-15(28)13-30-23(19)33)22-21(26)24(34)31(25(22)35)18-7-6-14-4-2-3-5-16(14)17(18)12-29/h2-7,10,13,20-22,32H,8-9,11H2,1H3,(H,30,33). The van der Waals surface area contributed by atoms with E-state index in [2.05, 4.69) is 11.1 Å². The Balaban J connectivity index is 1.36. The molecule has 2 amide bonds. The molecule has 37 heavy (non-hydrogen) atoms. The first-order chi connectivity index (χ1) is 17.7. The Morgan fingerprint density at radius 3 is 2.76 bits per heavy atom. The number of halogens is 1. The number of aliphatic hydroxyl groups excluding tert-OH is 1. The third kappa shape index (κ3) is 3.26. The number of hydrogen-bond acceptors (Lipinski definition) is 7. The fourth-order valence-electron chi connectivity index (χ4n) is 6.30. The SMILES string of the molecule is CC12OC(CCOc3cc(Cl)c[nH]c3=O)(CC1O)C1C(=O)N(c3ccc4ccccc4c3C#N)C(=O)C12. The smallest absolute Gasteiger partial charge is 0.290 e. The van der Waals surface area contributed by atoms with Crippen LogP contribution in [0.5, 0.6) is 5.75 Å². The predicted octanol–water partition coefficient (Wildman–Crippen LogP) is 2.92. The van der Waals surface area contributed by atoms with Gasteiger partial charge in [-0.3, -0.25) is 14.4 Å². The topological polar surface area (TPSA) is 133 Å². The second-order valence-electron chi connectivity index (χ2n) is 9.94. The van der Waals surface area contributed by atoms with Crippen molar-refractivity contribution in [2.75, 3.05) is 11.5 Å². The van der Waals surface area contributed by atoms with Gasteiger partial charge in [-0.1, -0.05) is 41.9 Å². The maximum atomic E-state index is 13.9. The lowest BCUT2D eigenvalue weighted by molar-refractivity contribution is -0.134. The Morgan fingerprint density at radius 2 is 1.97 bits per heavy atom. The number of H-pyrrole nitrogens is 1. The van der Waals surface area contributed by atoms with E-state index in [1.807, 2.05) is 12.1 Å². The number of carbonyl (C=O) groups excluding carboxylic acids is 2. The maximum absolute atomic E-state index is 13.9. The van der Waals surface area contributed by atoms with Crippen LogP contribution in [0.1, 0.15) is 25.3 Å². The molecule has 3 saturated heterocycles. The molecule has 0 radical (unpaired) electrons. The molecule has 4 heterocycles. The monoisotopic (exact) mass is 519 g/mol. The van der Waals surface area contributed by atoms with Gasteiger partial charge in [-0.25, -0.2) is 4.90 Å². The molecule has 3 aliphatic rings. The average molecular weight is 520 g/mol. The van der Waals surface area contributed by atoms with Crippen molar-refractivity contribution in [2.45, 2.75) is 37.1 Å². The van der Waals surface area contributed by atoms with Crippen LogP contribution in [-0.2, 0) is 14.3 Å². The van der Waals surface area contributed by atoms with Gasteiger partial charge in [0.15, 0.2) is 5.75 Å². The molecular formula is C27H22ClN3O6. The molecule has 3 fully saturated rings. The highest BCUT2D eigenvalue weighted by Gasteiger charge is 2.77. The zero-order chi connectivity index (χ0) is 26.1. The van der Waals surface area contributed by atoms with E-state index < -0.39 is 46.5 Å². The highest BCUT2D eigenvalue weighted by atomic mass is 35.5. The van der Waals surface area contributed by atoms with Gasteiger partial charge < -0.3 is 19.6 Å². The van der Waals surface area contributed by atoms with Gasteiger partial charge in [0.2, 0.25) is 11.8 Å². The third-order valence-electron chi connectivity index (χ3n) is 7.99. The molecule has 5 unspecified atom stereocenters. The number of pyridine rings is 1. The highest BCUT2D eigenvalue weighted by molar-refractivity contribution is 6.30. The number of aromatic nitrogens is 1. The van der Waals surface area contributed by atoms with Crippen LogP contribution in [0.2, 0.25) is 5.02 Å². The van der Waals surface area contributed by atoms with Gasteiger partial charge in [0.25, 0.3) is 5.56 Å². The number of carbonyl (C=O) groups is 2. The van der Waals surface area contributed by atoms with Gasteiger partial charge in [-0.2, -0.15) is 5.26 Å². The number of nitrogens with zero attached hydrogens (tertiary/aromatic N) is 2. The molecule has 0 saturated carbocycles. The molecule has 5 atom stereocenters. The van der Waals surface area contributed by atoms with Crippen molar-refractivity contribution in [2.24, 2.45) is 11.8 Å². The van der Waals surface area contributed by atoms with Gasteiger partial charge >= 0.3 is 0 Å². The Labute approximate surface area is 216 Å². The zero-order valence-corrected chi connectivity index (χ0v) is 20.5. The van der Waals surface area contributed by atoms with Crippen LogP contribution in [0.4, 0.5) is 5.69 Å². The number of ether oxygens (including phenoxy) is 2. The fraction of sp³-hybridized carbons (Fsp3) is 0.333. The van der Waals surface area contributed by atoms with E-state index in [0.29, 0.717) is 10.4 Å². The maximum Gasteiger partial charge on any atom is 0.290 e. The molecule has 10 heteroatoms. The number of imide groups is 1. The number of nitrogens with one attached hydrogen (secondary N) is 1. The predicted molar refractivity (Wildman–Crippen MR) is 133 cm³/mol. The lowest BCUT2D eigenvalue weighted by Crippen LogP contribution is -2.49. The van der Waals surface area contributed by atoms with E-state index in [1.54, 1.807) is 31.2 Å². The summed E-state index contributed by atoms with van der Waals surface area (Å²) in [6, 6.07) is 14.2. The Morgan fingerprint density at radius 1 is 1.22 bits per heavy atom. The molecule has 9 nitrogen and oxygen atoms in total. The van der Waals surface area contributed by atoms with Crippen molar-refractivity contribution in [1.82, 2.24) is 4.98 Å². The number of aliphatic hydroxyl groups is 1. The Hall–Kier alpha value is -3.71. The summed E-state index contributed by atoms with van der Waals surface area (Å²) in [4.78, 5) is 43.3. The lowest BCUT2D eigenvalue weighted by atomic mass is 9.66. The van der Waals surface area contributed by atoms with E-state index in [1.165, 1.54) is 12.3 Å². The Kier molecular flexibility index (Phi) is 5.21. The highest BCUT2D eigenvalue weighted by Crippen LogP contribution is 2.62. The van der Waals surface area contributed by atoms with E-state index >= 15 is 0 Å². The molecule has 6 rings (SSSR count). The number of benzene rings is 2. The summed E-state index contributed by atoms with van der Waals surface area (Å²) in [5.41, 5.74) is -2.45. The molecule has 0 aliphatic carbocycles. The summed E-state index contributed by atoms with van der Waals surface area (Å²) >= 11 is 5.95. The van der Waals surface area contributed by atoms with Crippen LogP contribution in [0.15, 0.2) is 53.5 Å². The normalized spacial score (nSPS) is 30.1. The number of anilines is 1. The molecular weight excluding hydrogens is 498 g/mol. The fourth-order valence-corrected chi connectivity index (χ4v) is 6.46. The summed E-state index contributed by atoms with van der Waals surface area (Å²) in [5.74, 6) is -2.75. The van der Waals surface area contributed by atoms with Crippen LogP contribution in [0.25, 0.3) is 10.8 Å². The minimum absolute atomic E-state index is 0.00364. The van der Waals surface area contributed by atoms with Crippen molar-refractivity contribution in [1.29, 1.82) is 5.26 Å². The minimum atomic E-state index is -1.27. The molecule has 2 N–H and O–H groups in total. The van der Waals surface area contributed by atoms with Crippen molar-refractivity contribution < 1.29 is 24.2 Å². The second-order valence-corrected chi connectivity index (χ2v) is 10.4. The van der Waals surface area contributed by atoms with Gasteiger partial charge in [0, 0.05) is 30.5 Å². The first-order valence-electron chi connectivity index (χ1n) is 11.9. The summed E-state index contributed by atoms with van der Waals surface area (Å²) < 4.78 is 12.0. The van der Waals surface area contributed by atoms with Gasteiger partial charge in [0.05, 0.1) is 46.4 Å². The molecule has 3 aliphatic heterocycles. The number of fused-ring (bicyclic) bond motifs is 6. The summed E-state index contributed by atoms with van der Waals surface area (Å²) in [6.07, 6.45) is 0.656. The van der Waals surface area contributed by atoms with Gasteiger partial charge in [-0.15, -0.1) is 0 Å². The summed E-state index contributed by atoms with van der Waals surface area (Å²) in [6.45, 7) is 1.64. The number of nitriles is 1. The largest absolute Gasteiger partial charge is 0.488 e. The number of aromatic amines is 1. The minimum Gasteiger partial charge on any atom is -0.488 e. The van der Waals surface area contributed by atoms with Crippen molar-refractivity contribution in [3.8, 4) is 11.8 Å². The molecule has 3 aromatic rings. The van der Waals surface area contributed by atoms with Gasteiger partial charge in [-0.05, 0) is 18.4 Å². The number of hydrogen-bond donors (Lipinski definition) is 2. The van der Waals surface area contributed by atoms with Crippen LogP contribution in [-0.4, -0.2) is 45.8 Å². The van der Waals surface area contributed by atoms with Crippen LogP contribution in [0, 0.1) is 23.2 Å². The van der Waals surface area contributed by atoms with Crippen molar-refractivity contribution >= 4 is 39.9 Å². The molecule has 0 spiro atoms. The zero-order valence-electron chi connectivity index (χ0n) is 19.7. The van der Waals surface area contributed by atoms with E-state index in [0.717, 1.165) is 10.3 Å².